The second-order valence-electron chi connectivity index (χ2n) is 4.79. The van der Waals surface area contributed by atoms with Crippen LogP contribution in [0.5, 0.6) is 5.75 Å². The number of aryl methyl sites for hydroxylation is 2. The first-order chi connectivity index (χ1) is 10.5. The Morgan fingerprint density at radius 2 is 2.27 bits per heavy atom. The van der Waals surface area contributed by atoms with E-state index in [0.29, 0.717) is 6.42 Å². The quantitative estimate of drug-likeness (QED) is 0.498. The Morgan fingerprint density at radius 1 is 1.50 bits per heavy atom. The van der Waals surface area contributed by atoms with Gasteiger partial charge in [0.15, 0.2) is 5.11 Å². The first kappa shape index (κ1) is 16.0. The summed E-state index contributed by atoms with van der Waals surface area (Å²) >= 11 is 4.70. The third-order valence-electron chi connectivity index (χ3n) is 3.24. The molecule has 2 aromatic rings. The van der Waals surface area contributed by atoms with Gasteiger partial charge < -0.3 is 15.0 Å². The number of nitrogens with zero attached hydrogens (tertiary/aromatic N) is 2. The summed E-state index contributed by atoms with van der Waals surface area (Å²) in [6.07, 6.45) is 2.32. The number of hydrogen-bond acceptors (Lipinski definition) is 5. The van der Waals surface area contributed by atoms with E-state index >= 15 is 0 Å². The highest BCUT2D eigenvalue weighted by atomic mass is 32.1. The maximum Gasteiger partial charge on any atom is 0.184 e. The van der Waals surface area contributed by atoms with E-state index in [2.05, 4.69) is 15.7 Å². The molecule has 7 heteroatoms. The summed E-state index contributed by atoms with van der Waals surface area (Å²) in [4.78, 5) is 0. The van der Waals surface area contributed by atoms with Gasteiger partial charge in [-0.1, -0.05) is 5.16 Å². The third-order valence-corrected chi connectivity index (χ3v) is 3.33. The van der Waals surface area contributed by atoms with Gasteiger partial charge in [0.05, 0.1) is 19.0 Å². The molecule has 0 aliphatic carbocycles. The number of hydrogen-bond donors (Lipinski definition) is 2. The topological polar surface area (TPSA) is 85.7 Å². The number of aromatic nitrogens is 1. The minimum absolute atomic E-state index is 0.126. The molecule has 0 atom stereocenters. The molecule has 0 bridgehead atoms. The first-order valence-electron chi connectivity index (χ1n) is 6.68. The molecule has 22 heavy (non-hydrogen) atoms. The van der Waals surface area contributed by atoms with E-state index in [1.807, 2.05) is 32.0 Å². The van der Waals surface area contributed by atoms with Crippen LogP contribution in [0.25, 0.3) is 0 Å². The van der Waals surface area contributed by atoms with Crippen LogP contribution < -0.4 is 15.9 Å². The minimum Gasteiger partial charge on any atom is -0.496 e. The maximum atomic E-state index is 5.42. The van der Waals surface area contributed by atoms with E-state index in [-0.39, 0.29) is 5.11 Å². The molecule has 0 aliphatic heterocycles. The van der Waals surface area contributed by atoms with Crippen molar-refractivity contribution in [1.29, 1.82) is 0 Å². The summed E-state index contributed by atoms with van der Waals surface area (Å²) in [5.41, 5.74) is 11.7. The lowest BCUT2D eigenvalue weighted by atomic mass is 10.0. The van der Waals surface area contributed by atoms with Crippen molar-refractivity contribution < 1.29 is 9.26 Å². The highest BCUT2D eigenvalue weighted by Gasteiger charge is 2.13. The number of nitrogens with two attached hydrogens (primary N) is 1. The number of ether oxygens (including phenoxy) is 1. The molecule has 0 saturated carbocycles. The van der Waals surface area contributed by atoms with Crippen LogP contribution in [-0.2, 0) is 6.42 Å². The van der Waals surface area contributed by atoms with Gasteiger partial charge in [-0.25, -0.2) is 0 Å². The molecule has 1 heterocycles. The molecule has 0 saturated heterocycles. The summed E-state index contributed by atoms with van der Waals surface area (Å²) < 4.78 is 10.6. The van der Waals surface area contributed by atoms with Gasteiger partial charge in [-0.3, -0.25) is 5.43 Å². The Kier molecular flexibility index (Phi) is 5.11. The highest BCUT2D eigenvalue weighted by molar-refractivity contribution is 7.80. The molecule has 0 spiro atoms. The number of rotatable bonds is 5. The van der Waals surface area contributed by atoms with Crippen LogP contribution in [0.4, 0.5) is 0 Å². The molecule has 0 aliphatic rings. The van der Waals surface area contributed by atoms with Crippen molar-refractivity contribution in [3.05, 3.63) is 46.3 Å². The summed E-state index contributed by atoms with van der Waals surface area (Å²) in [5.74, 6) is 1.62. The fourth-order valence-corrected chi connectivity index (χ4v) is 2.18. The minimum atomic E-state index is 0.126. The Bertz CT molecular complexity index is 690. The predicted molar refractivity (Wildman–Crippen MR) is 89.3 cm³/mol. The van der Waals surface area contributed by atoms with Gasteiger partial charge in [0.25, 0.3) is 0 Å². The third kappa shape index (κ3) is 3.82. The smallest absolute Gasteiger partial charge is 0.184 e. The number of hydrazone groups is 1. The van der Waals surface area contributed by atoms with Crippen molar-refractivity contribution in [2.45, 2.75) is 20.3 Å². The van der Waals surface area contributed by atoms with E-state index in [0.717, 1.165) is 33.9 Å². The highest BCUT2D eigenvalue weighted by Crippen LogP contribution is 2.25. The van der Waals surface area contributed by atoms with Crippen LogP contribution in [0.1, 0.15) is 28.1 Å². The summed E-state index contributed by atoms with van der Waals surface area (Å²) in [6, 6.07) is 5.80. The predicted octanol–water partition coefficient (Wildman–Crippen LogP) is 2.06. The van der Waals surface area contributed by atoms with Gasteiger partial charge in [-0.15, -0.1) is 0 Å². The first-order valence-corrected chi connectivity index (χ1v) is 7.09. The molecule has 0 amide bonds. The van der Waals surface area contributed by atoms with Gasteiger partial charge in [0.2, 0.25) is 0 Å². The Labute approximate surface area is 134 Å². The largest absolute Gasteiger partial charge is 0.496 e. The molecule has 2 rings (SSSR count). The average molecular weight is 318 g/mol. The average Bonchev–Trinajstić information content (AvgIpc) is 2.79. The molecule has 0 fully saturated rings. The lowest BCUT2D eigenvalue weighted by Gasteiger charge is -2.09. The van der Waals surface area contributed by atoms with Gasteiger partial charge in [0, 0.05) is 12.0 Å². The number of methoxy groups -OCH3 is 1. The van der Waals surface area contributed by atoms with E-state index in [1.54, 1.807) is 13.3 Å². The van der Waals surface area contributed by atoms with E-state index in [4.69, 9.17) is 27.2 Å². The molecular weight excluding hydrogens is 300 g/mol. The van der Waals surface area contributed by atoms with E-state index in [9.17, 15) is 0 Å². The molecule has 0 radical (unpaired) electrons. The van der Waals surface area contributed by atoms with E-state index in [1.165, 1.54) is 0 Å². The summed E-state index contributed by atoms with van der Waals surface area (Å²) in [5, 5.41) is 8.06. The lowest BCUT2D eigenvalue weighted by Crippen LogP contribution is -2.23. The Morgan fingerprint density at radius 3 is 2.86 bits per heavy atom. The molecule has 0 unspecified atom stereocenters. The van der Waals surface area contributed by atoms with Gasteiger partial charge in [0.1, 0.15) is 11.5 Å². The normalized spacial score (nSPS) is 10.9. The zero-order valence-electron chi connectivity index (χ0n) is 12.7. The van der Waals surface area contributed by atoms with Crippen molar-refractivity contribution >= 4 is 23.5 Å². The summed E-state index contributed by atoms with van der Waals surface area (Å²) in [7, 11) is 1.65. The monoisotopic (exact) mass is 318 g/mol. The lowest BCUT2D eigenvalue weighted by molar-refractivity contribution is 0.392. The van der Waals surface area contributed by atoms with Crippen molar-refractivity contribution in [3.8, 4) is 5.75 Å². The van der Waals surface area contributed by atoms with E-state index < -0.39 is 0 Å². The number of thiocarbonyl (C=S) groups is 1. The number of nitrogens with one attached hydrogen (secondary N) is 1. The van der Waals surface area contributed by atoms with Crippen LogP contribution in [0.15, 0.2) is 27.8 Å². The maximum absolute atomic E-state index is 5.42. The zero-order chi connectivity index (χ0) is 16.1. The van der Waals surface area contributed by atoms with Gasteiger partial charge in [-0.05, 0) is 55.4 Å². The van der Waals surface area contributed by atoms with Crippen LogP contribution >= 0.6 is 12.2 Å². The standard InChI is InChI=1S/C15H18N4O2S/c1-9-13(10(2)21-19-9)7-12-6-11(4-5-14(12)20-3)8-17-18-15(16)22/h4-6,8H,7H2,1-3H3,(H3,16,18,22). The molecule has 1 aromatic heterocycles. The van der Waals surface area contributed by atoms with Crippen molar-refractivity contribution in [2.75, 3.05) is 7.11 Å². The SMILES string of the molecule is COc1ccc(C=NNC(N)=S)cc1Cc1c(C)noc1C. The second kappa shape index (κ2) is 7.04. The fourth-order valence-electron chi connectivity index (χ4n) is 2.13. The Hall–Kier alpha value is -2.41. The second-order valence-corrected chi connectivity index (χ2v) is 5.22. The van der Waals surface area contributed by atoms with Crippen LogP contribution in [0.3, 0.4) is 0 Å². The molecular formula is C15H18N4O2S. The fraction of sp³-hybridized carbons (Fsp3) is 0.267. The molecule has 1 aromatic carbocycles. The molecule has 116 valence electrons. The van der Waals surface area contributed by atoms with Crippen LogP contribution in [0, 0.1) is 13.8 Å². The molecule has 3 N–H and O–H groups in total. The van der Waals surface area contributed by atoms with Crippen molar-refractivity contribution in [3.63, 3.8) is 0 Å². The van der Waals surface area contributed by atoms with Crippen molar-refractivity contribution in [2.24, 2.45) is 10.8 Å². The Balaban J connectivity index is 2.28. The van der Waals surface area contributed by atoms with Crippen molar-refractivity contribution in [1.82, 2.24) is 10.6 Å². The van der Waals surface area contributed by atoms with Crippen LogP contribution in [-0.4, -0.2) is 23.6 Å². The van der Waals surface area contributed by atoms with Gasteiger partial charge >= 0.3 is 0 Å². The van der Waals surface area contributed by atoms with Crippen LogP contribution in [0.2, 0.25) is 0 Å². The molecule has 6 nitrogen and oxygen atoms in total. The zero-order valence-corrected chi connectivity index (χ0v) is 13.5. The summed E-state index contributed by atoms with van der Waals surface area (Å²) in [6.45, 7) is 3.83. The van der Waals surface area contributed by atoms with Gasteiger partial charge in [-0.2, -0.15) is 5.10 Å². The number of benzene rings is 1.